The molecule has 3 rings (SSSR count). The lowest BCUT2D eigenvalue weighted by atomic mass is 10.1. The van der Waals surface area contributed by atoms with Gasteiger partial charge in [-0.05, 0) is 43.2 Å². The van der Waals surface area contributed by atoms with E-state index in [0.717, 1.165) is 11.3 Å². The molecule has 0 aliphatic carbocycles. The molecule has 0 spiro atoms. The molecule has 1 aromatic carbocycles. The van der Waals surface area contributed by atoms with Gasteiger partial charge in [0.1, 0.15) is 17.3 Å². The van der Waals surface area contributed by atoms with E-state index in [1.165, 1.54) is 12.1 Å². The number of amides is 1. The predicted molar refractivity (Wildman–Crippen MR) is 83.5 cm³/mol. The minimum absolute atomic E-state index is 0.266. The summed E-state index contributed by atoms with van der Waals surface area (Å²) in [5.74, 6) is 0.896. The van der Waals surface area contributed by atoms with Crippen LogP contribution in [0.5, 0.6) is 0 Å². The van der Waals surface area contributed by atoms with Crippen LogP contribution in [0.1, 0.15) is 21.8 Å². The van der Waals surface area contributed by atoms with E-state index in [2.05, 4.69) is 15.5 Å². The van der Waals surface area contributed by atoms with Crippen LogP contribution in [0, 0.1) is 12.7 Å². The van der Waals surface area contributed by atoms with Crippen molar-refractivity contribution in [1.82, 2.24) is 15.5 Å². The number of benzene rings is 1. The number of halogens is 1. The molecule has 0 atom stereocenters. The summed E-state index contributed by atoms with van der Waals surface area (Å²) >= 11 is 0. The van der Waals surface area contributed by atoms with E-state index < -0.39 is 0 Å². The Morgan fingerprint density at radius 3 is 2.74 bits per heavy atom. The first kappa shape index (κ1) is 15.0. The van der Waals surface area contributed by atoms with E-state index in [0.29, 0.717) is 30.1 Å². The summed E-state index contributed by atoms with van der Waals surface area (Å²) in [6, 6.07) is 11.5. The number of carbonyl (C=O) groups excluding carboxylic acids is 1. The second-order valence-electron chi connectivity index (χ2n) is 5.21. The standard InChI is InChI=1S/C17H16FN3O2/c1-11-2-7-16(23-11)14-10-15(21-20-14)17(22)19-9-8-12-3-5-13(18)6-4-12/h2-7,10H,8-9H2,1H3,(H,19,22)(H,20,21). The molecule has 2 heterocycles. The van der Waals surface area contributed by atoms with Gasteiger partial charge in [-0.15, -0.1) is 0 Å². The maximum absolute atomic E-state index is 12.8. The molecule has 0 saturated carbocycles. The summed E-state index contributed by atoms with van der Waals surface area (Å²) in [7, 11) is 0. The Morgan fingerprint density at radius 1 is 1.26 bits per heavy atom. The number of hydrogen-bond donors (Lipinski definition) is 2. The topological polar surface area (TPSA) is 70.9 Å². The molecule has 3 aromatic rings. The summed E-state index contributed by atoms with van der Waals surface area (Å²) < 4.78 is 18.3. The normalized spacial score (nSPS) is 10.7. The van der Waals surface area contributed by atoms with Crippen LogP contribution in [0.2, 0.25) is 0 Å². The highest BCUT2D eigenvalue weighted by molar-refractivity contribution is 5.93. The quantitative estimate of drug-likeness (QED) is 0.760. The Labute approximate surface area is 132 Å². The van der Waals surface area contributed by atoms with Gasteiger partial charge in [0.05, 0.1) is 0 Å². The number of rotatable bonds is 5. The molecule has 6 heteroatoms. The molecule has 118 valence electrons. The Balaban J connectivity index is 1.56. The van der Waals surface area contributed by atoms with E-state index in [1.54, 1.807) is 18.2 Å². The number of aryl methyl sites for hydroxylation is 1. The lowest BCUT2D eigenvalue weighted by Crippen LogP contribution is -2.26. The van der Waals surface area contributed by atoms with E-state index in [-0.39, 0.29) is 11.7 Å². The maximum Gasteiger partial charge on any atom is 0.271 e. The van der Waals surface area contributed by atoms with Crippen LogP contribution in [0.15, 0.2) is 46.9 Å². The second-order valence-corrected chi connectivity index (χ2v) is 5.21. The van der Waals surface area contributed by atoms with Crippen LogP contribution in [-0.4, -0.2) is 22.6 Å². The highest BCUT2D eigenvalue weighted by Gasteiger charge is 2.12. The number of nitrogens with zero attached hydrogens (tertiary/aromatic N) is 1. The molecular formula is C17H16FN3O2. The molecule has 0 bridgehead atoms. The predicted octanol–water partition coefficient (Wildman–Crippen LogP) is 3.09. The fraction of sp³-hybridized carbons (Fsp3) is 0.176. The van der Waals surface area contributed by atoms with Gasteiger partial charge in [0.25, 0.3) is 5.91 Å². The van der Waals surface area contributed by atoms with Gasteiger partial charge in [-0.25, -0.2) is 4.39 Å². The van der Waals surface area contributed by atoms with Gasteiger partial charge in [-0.2, -0.15) is 5.10 Å². The van der Waals surface area contributed by atoms with Crippen LogP contribution < -0.4 is 5.32 Å². The van der Waals surface area contributed by atoms with Crippen LogP contribution in [-0.2, 0) is 6.42 Å². The Kier molecular flexibility index (Phi) is 4.23. The third kappa shape index (κ3) is 3.66. The van der Waals surface area contributed by atoms with Crippen molar-refractivity contribution >= 4 is 5.91 Å². The van der Waals surface area contributed by atoms with Crippen molar-refractivity contribution in [2.75, 3.05) is 6.54 Å². The number of aromatic nitrogens is 2. The average Bonchev–Trinajstić information content (AvgIpc) is 3.18. The van der Waals surface area contributed by atoms with Crippen LogP contribution in [0.25, 0.3) is 11.5 Å². The highest BCUT2D eigenvalue weighted by Crippen LogP contribution is 2.20. The highest BCUT2D eigenvalue weighted by atomic mass is 19.1. The van der Waals surface area contributed by atoms with Gasteiger partial charge in [-0.3, -0.25) is 9.89 Å². The van der Waals surface area contributed by atoms with Crippen molar-refractivity contribution in [1.29, 1.82) is 0 Å². The lowest BCUT2D eigenvalue weighted by molar-refractivity contribution is 0.0949. The number of aromatic amines is 1. The van der Waals surface area contributed by atoms with Crippen molar-refractivity contribution in [2.45, 2.75) is 13.3 Å². The lowest BCUT2D eigenvalue weighted by Gasteiger charge is -2.03. The fourth-order valence-electron chi connectivity index (χ4n) is 2.21. The van der Waals surface area contributed by atoms with Crippen molar-refractivity contribution in [3.63, 3.8) is 0 Å². The zero-order valence-corrected chi connectivity index (χ0v) is 12.6. The van der Waals surface area contributed by atoms with Crippen LogP contribution >= 0.6 is 0 Å². The summed E-state index contributed by atoms with van der Waals surface area (Å²) in [5.41, 5.74) is 1.91. The van der Waals surface area contributed by atoms with Crippen LogP contribution in [0.3, 0.4) is 0 Å². The number of H-pyrrole nitrogens is 1. The van der Waals surface area contributed by atoms with E-state index in [9.17, 15) is 9.18 Å². The van der Waals surface area contributed by atoms with Gasteiger partial charge >= 0.3 is 0 Å². The average molecular weight is 313 g/mol. The zero-order chi connectivity index (χ0) is 16.2. The summed E-state index contributed by atoms with van der Waals surface area (Å²) in [5, 5.41) is 9.56. The third-order valence-electron chi connectivity index (χ3n) is 3.43. The Hall–Kier alpha value is -2.89. The molecule has 2 N–H and O–H groups in total. The minimum Gasteiger partial charge on any atom is -0.460 e. The van der Waals surface area contributed by atoms with Gasteiger partial charge < -0.3 is 9.73 Å². The van der Waals surface area contributed by atoms with Crippen molar-refractivity contribution in [3.8, 4) is 11.5 Å². The second kappa shape index (κ2) is 6.48. The molecular weight excluding hydrogens is 297 g/mol. The van der Waals surface area contributed by atoms with Gasteiger partial charge in [0.2, 0.25) is 0 Å². The fourth-order valence-corrected chi connectivity index (χ4v) is 2.21. The van der Waals surface area contributed by atoms with Gasteiger partial charge in [0.15, 0.2) is 11.5 Å². The minimum atomic E-state index is -0.269. The molecule has 0 aliphatic heterocycles. The molecule has 0 radical (unpaired) electrons. The zero-order valence-electron chi connectivity index (χ0n) is 12.6. The van der Waals surface area contributed by atoms with Gasteiger partial charge in [-0.1, -0.05) is 12.1 Å². The van der Waals surface area contributed by atoms with Crippen molar-refractivity contribution in [2.24, 2.45) is 0 Å². The molecule has 0 aliphatic rings. The number of carbonyl (C=O) groups is 1. The summed E-state index contributed by atoms with van der Waals surface area (Å²) in [6.07, 6.45) is 0.626. The summed E-state index contributed by atoms with van der Waals surface area (Å²) in [4.78, 5) is 12.1. The van der Waals surface area contributed by atoms with Crippen molar-refractivity contribution < 1.29 is 13.6 Å². The van der Waals surface area contributed by atoms with Crippen LogP contribution in [0.4, 0.5) is 4.39 Å². The first-order chi connectivity index (χ1) is 11.1. The molecule has 23 heavy (non-hydrogen) atoms. The molecule has 5 nitrogen and oxygen atoms in total. The SMILES string of the molecule is Cc1ccc(-c2cc(C(=O)NCCc3ccc(F)cc3)n[nH]2)o1. The number of furan rings is 1. The maximum atomic E-state index is 12.8. The molecule has 0 unspecified atom stereocenters. The smallest absolute Gasteiger partial charge is 0.271 e. The monoisotopic (exact) mass is 313 g/mol. The first-order valence-corrected chi connectivity index (χ1v) is 7.27. The Bertz CT molecular complexity index is 805. The molecule has 1 amide bonds. The van der Waals surface area contributed by atoms with E-state index in [1.807, 2.05) is 19.1 Å². The molecule has 0 fully saturated rings. The summed E-state index contributed by atoms with van der Waals surface area (Å²) in [6.45, 7) is 2.30. The van der Waals surface area contributed by atoms with Crippen molar-refractivity contribution in [3.05, 3.63) is 65.3 Å². The molecule has 0 saturated heterocycles. The first-order valence-electron chi connectivity index (χ1n) is 7.27. The number of nitrogens with one attached hydrogen (secondary N) is 2. The number of hydrogen-bond acceptors (Lipinski definition) is 3. The largest absolute Gasteiger partial charge is 0.460 e. The van der Waals surface area contributed by atoms with E-state index >= 15 is 0 Å². The van der Waals surface area contributed by atoms with Gasteiger partial charge in [0, 0.05) is 12.6 Å². The Morgan fingerprint density at radius 2 is 2.04 bits per heavy atom. The molecule has 2 aromatic heterocycles. The third-order valence-corrected chi connectivity index (χ3v) is 3.43. The van der Waals surface area contributed by atoms with E-state index in [4.69, 9.17) is 4.42 Å².